The first-order valence-electron chi connectivity index (χ1n) is 9.76. The van der Waals surface area contributed by atoms with E-state index in [4.69, 9.17) is 9.47 Å². The highest BCUT2D eigenvalue weighted by Gasteiger charge is 2.19. The third-order valence-corrected chi connectivity index (χ3v) is 6.35. The van der Waals surface area contributed by atoms with Gasteiger partial charge in [0.15, 0.2) is 0 Å². The molecule has 0 aliphatic rings. The van der Waals surface area contributed by atoms with Crippen molar-refractivity contribution >= 4 is 57.5 Å². The second-order valence-electron chi connectivity index (χ2n) is 6.78. The van der Waals surface area contributed by atoms with Crippen LogP contribution >= 0.6 is 34.4 Å². The Morgan fingerprint density at radius 2 is 1.50 bits per heavy atom. The van der Waals surface area contributed by atoms with E-state index >= 15 is 0 Å². The zero-order chi connectivity index (χ0) is 23.1. The summed E-state index contributed by atoms with van der Waals surface area (Å²) >= 11 is 3.63. The summed E-state index contributed by atoms with van der Waals surface area (Å²) in [7, 11) is 3.01. The van der Waals surface area contributed by atoms with Gasteiger partial charge in [0.1, 0.15) is 17.1 Å². The summed E-state index contributed by atoms with van der Waals surface area (Å²) in [5.41, 5.74) is 1.69. The van der Waals surface area contributed by atoms with Crippen LogP contribution < -0.4 is 20.1 Å². The monoisotopic (exact) mass is 562 g/mol. The maximum absolute atomic E-state index is 12.9. The average Bonchev–Trinajstić information content (AvgIpc) is 2.80. The minimum absolute atomic E-state index is 0.0931. The predicted molar refractivity (Wildman–Crippen MR) is 137 cm³/mol. The molecule has 3 aromatic rings. The van der Waals surface area contributed by atoms with Crippen LogP contribution in [0.2, 0.25) is 0 Å². The van der Waals surface area contributed by atoms with Crippen LogP contribution in [0.15, 0.2) is 71.6 Å². The van der Waals surface area contributed by atoms with Gasteiger partial charge in [0.05, 0.1) is 19.5 Å². The molecule has 6 nitrogen and oxygen atoms in total. The third kappa shape index (κ3) is 6.17. The number of halogens is 1. The summed E-state index contributed by atoms with van der Waals surface area (Å²) in [5.74, 6) is 0.414. The first-order valence-corrected chi connectivity index (χ1v) is 11.7. The lowest BCUT2D eigenvalue weighted by Gasteiger charge is -2.14. The number of thioether (sulfide) groups is 1. The molecule has 0 heterocycles. The molecule has 1 unspecified atom stereocenters. The summed E-state index contributed by atoms with van der Waals surface area (Å²) in [4.78, 5) is 26.3. The molecule has 3 aromatic carbocycles. The van der Waals surface area contributed by atoms with Gasteiger partial charge in [0.25, 0.3) is 5.91 Å². The molecule has 0 bridgehead atoms. The molecule has 1 atom stereocenters. The molecule has 0 aliphatic carbocycles. The molecule has 0 saturated carbocycles. The molecular weight excluding hydrogens is 539 g/mol. The maximum Gasteiger partial charge on any atom is 0.263 e. The van der Waals surface area contributed by atoms with E-state index in [1.165, 1.54) is 26.0 Å². The number of benzene rings is 3. The Bertz CT molecular complexity index is 1080. The number of rotatable bonds is 8. The van der Waals surface area contributed by atoms with Gasteiger partial charge in [0.2, 0.25) is 5.91 Å². The van der Waals surface area contributed by atoms with E-state index in [1.807, 2.05) is 49.4 Å². The number of hydrogen-bond donors (Lipinski definition) is 2. The van der Waals surface area contributed by atoms with Crippen molar-refractivity contribution in [2.45, 2.75) is 17.1 Å². The molecule has 3 rings (SSSR count). The van der Waals surface area contributed by atoms with Gasteiger partial charge in [-0.15, -0.1) is 11.8 Å². The van der Waals surface area contributed by atoms with Crippen LogP contribution in [0.3, 0.4) is 0 Å². The highest BCUT2D eigenvalue weighted by molar-refractivity contribution is 14.1. The van der Waals surface area contributed by atoms with E-state index in [9.17, 15) is 9.59 Å². The summed E-state index contributed by atoms with van der Waals surface area (Å²) in [6.07, 6.45) is 0. The molecule has 0 radical (unpaired) electrons. The van der Waals surface area contributed by atoms with Crippen molar-refractivity contribution in [1.29, 1.82) is 0 Å². The molecule has 0 fully saturated rings. The molecule has 0 saturated heterocycles. The second kappa shape index (κ2) is 11.2. The number of nitrogens with one attached hydrogen (secondary N) is 2. The van der Waals surface area contributed by atoms with Crippen LogP contribution in [0.4, 0.5) is 11.4 Å². The van der Waals surface area contributed by atoms with Crippen molar-refractivity contribution in [1.82, 2.24) is 0 Å². The van der Waals surface area contributed by atoms with E-state index in [-0.39, 0.29) is 17.1 Å². The fourth-order valence-corrected chi connectivity index (χ4v) is 4.24. The lowest BCUT2D eigenvalue weighted by atomic mass is 10.1. The maximum atomic E-state index is 12.9. The van der Waals surface area contributed by atoms with Crippen molar-refractivity contribution in [3.8, 4) is 11.5 Å². The van der Waals surface area contributed by atoms with Crippen LogP contribution in [0, 0.1) is 3.57 Å². The Morgan fingerprint density at radius 1 is 0.875 bits per heavy atom. The number of carbonyl (C=O) groups excluding carboxylic acids is 2. The lowest BCUT2D eigenvalue weighted by Crippen LogP contribution is -2.22. The summed E-state index contributed by atoms with van der Waals surface area (Å²) in [6, 6.07) is 20.2. The quantitative estimate of drug-likeness (QED) is 0.273. The van der Waals surface area contributed by atoms with Gasteiger partial charge in [0, 0.05) is 19.8 Å². The predicted octanol–water partition coefficient (Wildman–Crippen LogP) is 5.68. The van der Waals surface area contributed by atoms with Crippen molar-refractivity contribution in [3.05, 3.63) is 75.9 Å². The van der Waals surface area contributed by atoms with E-state index < -0.39 is 0 Å². The Balaban J connectivity index is 1.68. The van der Waals surface area contributed by atoms with E-state index in [2.05, 4.69) is 33.2 Å². The topological polar surface area (TPSA) is 76.7 Å². The summed E-state index contributed by atoms with van der Waals surface area (Å²) in [5, 5.41) is 5.48. The first-order chi connectivity index (χ1) is 15.4. The molecule has 2 N–H and O–H groups in total. The minimum atomic E-state index is -0.342. The Labute approximate surface area is 205 Å². The zero-order valence-electron chi connectivity index (χ0n) is 17.8. The smallest absolute Gasteiger partial charge is 0.263 e. The fourth-order valence-electron chi connectivity index (χ4n) is 2.95. The van der Waals surface area contributed by atoms with Gasteiger partial charge in [-0.05, 0) is 84.1 Å². The van der Waals surface area contributed by atoms with Crippen molar-refractivity contribution in [2.75, 3.05) is 24.9 Å². The van der Waals surface area contributed by atoms with Crippen molar-refractivity contribution in [2.24, 2.45) is 0 Å². The van der Waals surface area contributed by atoms with Crippen LogP contribution in [0.1, 0.15) is 17.3 Å². The largest absolute Gasteiger partial charge is 0.496 e. The number of ether oxygens (including phenoxy) is 2. The number of carbonyl (C=O) groups is 2. The SMILES string of the molecule is COc1cccc(OC)c1C(=O)Nc1cccc(SC(C)C(=O)Nc2ccc(I)cc2)c1. The van der Waals surface area contributed by atoms with E-state index in [0.717, 1.165) is 14.2 Å². The van der Waals surface area contributed by atoms with Crippen molar-refractivity contribution in [3.63, 3.8) is 0 Å². The number of anilines is 2. The lowest BCUT2D eigenvalue weighted by molar-refractivity contribution is -0.115. The average molecular weight is 562 g/mol. The third-order valence-electron chi connectivity index (χ3n) is 4.54. The molecule has 32 heavy (non-hydrogen) atoms. The van der Waals surface area contributed by atoms with Gasteiger partial charge in [-0.2, -0.15) is 0 Å². The first kappa shape index (κ1) is 23.9. The van der Waals surface area contributed by atoms with Gasteiger partial charge in [-0.3, -0.25) is 9.59 Å². The van der Waals surface area contributed by atoms with Crippen molar-refractivity contribution < 1.29 is 19.1 Å². The highest BCUT2D eigenvalue weighted by Crippen LogP contribution is 2.30. The Morgan fingerprint density at radius 3 is 2.12 bits per heavy atom. The molecule has 8 heteroatoms. The normalized spacial score (nSPS) is 11.4. The zero-order valence-corrected chi connectivity index (χ0v) is 20.8. The minimum Gasteiger partial charge on any atom is -0.496 e. The molecule has 0 aromatic heterocycles. The molecular formula is C24H23IN2O4S. The van der Waals surface area contributed by atoms with Gasteiger partial charge < -0.3 is 20.1 Å². The molecule has 0 spiro atoms. The molecule has 166 valence electrons. The Kier molecular flexibility index (Phi) is 8.40. The summed E-state index contributed by atoms with van der Waals surface area (Å²) < 4.78 is 11.7. The second-order valence-corrected chi connectivity index (χ2v) is 9.44. The van der Waals surface area contributed by atoms with Gasteiger partial charge in [-0.25, -0.2) is 0 Å². The highest BCUT2D eigenvalue weighted by atomic mass is 127. The van der Waals surface area contributed by atoms with Crippen LogP contribution in [-0.2, 0) is 4.79 Å². The van der Waals surface area contributed by atoms with Crippen LogP contribution in [0.5, 0.6) is 11.5 Å². The molecule has 0 aliphatic heterocycles. The van der Waals surface area contributed by atoms with E-state index in [0.29, 0.717) is 22.7 Å². The standard InChI is InChI=1S/C24H23IN2O4S/c1-15(23(28)26-17-12-10-16(25)11-13-17)32-19-7-4-6-18(14-19)27-24(29)22-20(30-2)8-5-9-21(22)31-3/h4-15H,1-3H3,(H,26,28)(H,27,29). The van der Waals surface area contributed by atoms with Crippen LogP contribution in [0.25, 0.3) is 0 Å². The Hall–Kier alpha value is -2.72. The number of methoxy groups -OCH3 is 2. The number of amides is 2. The van der Waals surface area contributed by atoms with E-state index in [1.54, 1.807) is 24.3 Å². The van der Waals surface area contributed by atoms with Crippen LogP contribution in [-0.4, -0.2) is 31.3 Å². The number of hydrogen-bond acceptors (Lipinski definition) is 5. The van der Waals surface area contributed by atoms with Gasteiger partial charge >= 0.3 is 0 Å². The fraction of sp³-hybridized carbons (Fsp3) is 0.167. The summed E-state index contributed by atoms with van der Waals surface area (Å²) in [6.45, 7) is 1.84. The molecule has 2 amide bonds. The van der Waals surface area contributed by atoms with Gasteiger partial charge in [-0.1, -0.05) is 12.1 Å².